The molecule has 1 atom stereocenters. The number of aromatic nitrogens is 2. The van der Waals surface area contributed by atoms with E-state index in [9.17, 15) is 10.1 Å². The number of halogens is 2. The molecule has 0 aliphatic rings. The van der Waals surface area contributed by atoms with Gasteiger partial charge in [0.15, 0.2) is 0 Å². The summed E-state index contributed by atoms with van der Waals surface area (Å²) in [7, 11) is 0. The Hall–Kier alpha value is -2.61. The van der Waals surface area contributed by atoms with Crippen LogP contribution < -0.4 is 0 Å². The van der Waals surface area contributed by atoms with Crippen LogP contribution in [0.4, 0.5) is 0 Å². The number of rotatable bonds is 8. The van der Waals surface area contributed by atoms with E-state index in [0.717, 1.165) is 5.56 Å². The molecule has 0 bridgehead atoms. The minimum absolute atomic E-state index is 0.0482. The molecular weight excluding hydrogens is 405 g/mol. The largest absolute Gasteiger partial charge is 0.345 e. The lowest BCUT2D eigenvalue weighted by Crippen LogP contribution is -2.40. The zero-order valence-electron chi connectivity index (χ0n) is 14.9. The van der Waals surface area contributed by atoms with E-state index in [0.29, 0.717) is 16.4 Å². The van der Waals surface area contributed by atoms with Crippen molar-refractivity contribution in [3.63, 3.8) is 0 Å². The Kier molecular flexibility index (Phi) is 6.18. The fraction of sp³-hybridized carbons (Fsp3) is 0.211. The smallest absolute Gasteiger partial charge is 0.297 e. The second kappa shape index (κ2) is 8.60. The van der Waals surface area contributed by atoms with Gasteiger partial charge in [0.1, 0.15) is 5.82 Å². The van der Waals surface area contributed by atoms with Crippen molar-refractivity contribution in [3.8, 4) is 11.4 Å². The number of imidazole rings is 1. The molecule has 0 fully saturated rings. The molecule has 0 aliphatic carbocycles. The Morgan fingerprint density at radius 1 is 1.21 bits per heavy atom. The van der Waals surface area contributed by atoms with E-state index < -0.39 is 10.9 Å². The van der Waals surface area contributed by atoms with Crippen molar-refractivity contribution >= 4 is 23.2 Å². The van der Waals surface area contributed by atoms with E-state index >= 15 is 0 Å². The van der Waals surface area contributed by atoms with Crippen molar-refractivity contribution in [3.05, 3.63) is 86.6 Å². The topological polar surface area (TPSA) is 79.4 Å². The fourth-order valence-electron chi connectivity index (χ4n) is 2.97. The van der Waals surface area contributed by atoms with Gasteiger partial charge in [-0.2, -0.15) is 0 Å². The molecule has 0 saturated heterocycles. The SMILES string of the molecule is CCOC(Cn1ccnc1-c1ccccc1)(O[N+](=O)[O-])c1ccc(Cl)cc1Cl. The number of hydrogen-bond acceptors (Lipinski definition) is 5. The highest BCUT2D eigenvalue weighted by Gasteiger charge is 2.40. The van der Waals surface area contributed by atoms with Gasteiger partial charge in [-0.05, 0) is 19.1 Å². The minimum atomic E-state index is -1.77. The molecule has 0 N–H and O–H groups in total. The average molecular weight is 422 g/mol. The summed E-state index contributed by atoms with van der Waals surface area (Å²) in [6.07, 6.45) is 3.30. The summed E-state index contributed by atoms with van der Waals surface area (Å²) < 4.78 is 7.49. The summed E-state index contributed by atoms with van der Waals surface area (Å²) >= 11 is 12.3. The molecule has 9 heteroatoms. The van der Waals surface area contributed by atoms with Gasteiger partial charge in [-0.1, -0.05) is 59.6 Å². The van der Waals surface area contributed by atoms with Crippen molar-refractivity contribution < 1.29 is 14.7 Å². The maximum atomic E-state index is 11.3. The number of benzene rings is 2. The summed E-state index contributed by atoms with van der Waals surface area (Å²) in [6, 6.07) is 14.1. The Morgan fingerprint density at radius 3 is 2.61 bits per heavy atom. The van der Waals surface area contributed by atoms with Gasteiger partial charge in [0.25, 0.3) is 10.9 Å². The van der Waals surface area contributed by atoms with E-state index in [1.165, 1.54) is 6.07 Å². The van der Waals surface area contributed by atoms with Crippen LogP contribution in [-0.4, -0.2) is 21.2 Å². The lowest BCUT2D eigenvalue weighted by Gasteiger charge is -2.32. The third kappa shape index (κ3) is 4.27. The van der Waals surface area contributed by atoms with Crippen LogP contribution in [-0.2, 0) is 21.9 Å². The Morgan fingerprint density at radius 2 is 1.96 bits per heavy atom. The maximum Gasteiger partial charge on any atom is 0.297 e. The van der Waals surface area contributed by atoms with Gasteiger partial charge >= 0.3 is 0 Å². The Labute approximate surface area is 171 Å². The quantitative estimate of drug-likeness (QED) is 0.291. The van der Waals surface area contributed by atoms with Gasteiger partial charge in [-0.15, -0.1) is 10.1 Å². The second-order valence-electron chi connectivity index (χ2n) is 5.87. The molecule has 3 rings (SSSR count). The summed E-state index contributed by atoms with van der Waals surface area (Å²) in [6.45, 7) is 1.82. The van der Waals surface area contributed by atoms with Crippen LogP contribution in [0.2, 0.25) is 10.0 Å². The highest BCUT2D eigenvalue weighted by molar-refractivity contribution is 6.35. The van der Waals surface area contributed by atoms with Crippen LogP contribution >= 0.6 is 23.2 Å². The van der Waals surface area contributed by atoms with Gasteiger partial charge in [0.05, 0.1) is 11.6 Å². The van der Waals surface area contributed by atoms with Crippen molar-refractivity contribution in [1.82, 2.24) is 9.55 Å². The molecule has 1 unspecified atom stereocenters. The van der Waals surface area contributed by atoms with Crippen molar-refractivity contribution in [2.75, 3.05) is 6.61 Å². The van der Waals surface area contributed by atoms with Gasteiger partial charge in [-0.3, -0.25) is 4.84 Å². The summed E-state index contributed by atoms with van der Waals surface area (Å²) in [5.74, 6) is -1.16. The van der Waals surface area contributed by atoms with Gasteiger partial charge in [-0.25, -0.2) is 4.98 Å². The first-order valence-corrected chi connectivity index (χ1v) is 9.20. The van der Waals surface area contributed by atoms with E-state index in [2.05, 4.69) is 4.98 Å². The lowest BCUT2D eigenvalue weighted by atomic mass is 10.0. The molecule has 0 aliphatic heterocycles. The highest BCUT2D eigenvalue weighted by atomic mass is 35.5. The number of nitrogens with zero attached hydrogens (tertiary/aromatic N) is 3. The van der Waals surface area contributed by atoms with Crippen molar-refractivity contribution in [2.45, 2.75) is 19.3 Å². The normalized spacial score (nSPS) is 13.1. The molecule has 7 nitrogen and oxygen atoms in total. The van der Waals surface area contributed by atoms with E-state index in [1.807, 2.05) is 30.3 Å². The molecular formula is C19H17Cl2N3O4. The molecule has 3 aromatic rings. The van der Waals surface area contributed by atoms with E-state index in [1.54, 1.807) is 36.0 Å². The van der Waals surface area contributed by atoms with Gasteiger partial charge in [0, 0.05) is 35.2 Å². The first-order valence-electron chi connectivity index (χ1n) is 8.45. The minimum Gasteiger partial charge on any atom is -0.345 e. The maximum absolute atomic E-state index is 11.3. The molecule has 1 aromatic heterocycles. The fourth-order valence-corrected chi connectivity index (χ4v) is 3.53. The molecule has 0 amide bonds. The third-order valence-electron chi connectivity index (χ3n) is 4.07. The molecule has 0 radical (unpaired) electrons. The van der Waals surface area contributed by atoms with E-state index in [4.69, 9.17) is 32.8 Å². The zero-order valence-corrected chi connectivity index (χ0v) is 16.4. The molecule has 0 saturated carbocycles. The van der Waals surface area contributed by atoms with Crippen molar-refractivity contribution in [1.29, 1.82) is 0 Å². The second-order valence-corrected chi connectivity index (χ2v) is 6.71. The third-order valence-corrected chi connectivity index (χ3v) is 4.61. The van der Waals surface area contributed by atoms with Gasteiger partial charge < -0.3 is 9.30 Å². The van der Waals surface area contributed by atoms with Crippen molar-refractivity contribution in [2.24, 2.45) is 0 Å². The summed E-state index contributed by atoms with van der Waals surface area (Å²) in [4.78, 5) is 20.8. The predicted molar refractivity (Wildman–Crippen MR) is 106 cm³/mol. The predicted octanol–water partition coefficient (Wildman–Crippen LogP) is 4.95. The molecule has 146 valence electrons. The van der Waals surface area contributed by atoms with Gasteiger partial charge in [0.2, 0.25) is 0 Å². The standard InChI is InChI=1S/C19H17Cl2N3O4/c1-2-27-19(28-24(25)26,16-9-8-15(20)12-17(16)21)13-23-11-10-22-18(23)14-6-4-3-5-7-14/h3-12H,2,13H2,1H3. The number of hydrogen-bond donors (Lipinski definition) is 0. The Bertz CT molecular complexity index is 965. The molecule has 28 heavy (non-hydrogen) atoms. The van der Waals surface area contributed by atoms with Crippen LogP contribution in [0.1, 0.15) is 12.5 Å². The first kappa shape index (κ1) is 20.1. The summed E-state index contributed by atoms with van der Waals surface area (Å²) in [5, 5.41) is 11.0. The molecule has 2 aromatic carbocycles. The van der Waals surface area contributed by atoms with Crippen LogP contribution in [0.25, 0.3) is 11.4 Å². The number of ether oxygens (including phenoxy) is 1. The Balaban J connectivity index is 2.10. The molecule has 0 spiro atoms. The van der Waals surface area contributed by atoms with Crippen LogP contribution in [0.3, 0.4) is 0 Å². The average Bonchev–Trinajstić information content (AvgIpc) is 3.09. The van der Waals surface area contributed by atoms with Crippen LogP contribution in [0.5, 0.6) is 0 Å². The summed E-state index contributed by atoms with van der Waals surface area (Å²) in [5.41, 5.74) is 1.14. The highest BCUT2D eigenvalue weighted by Crippen LogP contribution is 2.37. The van der Waals surface area contributed by atoms with E-state index in [-0.39, 0.29) is 18.2 Å². The van der Waals surface area contributed by atoms with Crippen LogP contribution in [0.15, 0.2) is 60.9 Å². The monoisotopic (exact) mass is 421 g/mol. The first-order chi connectivity index (χ1) is 13.4. The van der Waals surface area contributed by atoms with Crippen LogP contribution in [0, 0.1) is 10.1 Å². The zero-order chi connectivity index (χ0) is 20.1. The molecule has 1 heterocycles. The lowest BCUT2D eigenvalue weighted by molar-refractivity contribution is -0.802.